The zero-order chi connectivity index (χ0) is 12.0. The predicted octanol–water partition coefficient (Wildman–Crippen LogP) is 2.28. The number of nitriles is 1. The van der Waals surface area contributed by atoms with Crippen LogP contribution < -0.4 is 0 Å². The van der Waals surface area contributed by atoms with Crippen LogP contribution in [0.4, 0.5) is 0 Å². The molecule has 16 heavy (non-hydrogen) atoms. The van der Waals surface area contributed by atoms with Crippen molar-refractivity contribution in [2.45, 2.75) is 33.1 Å². The molecule has 1 saturated carbocycles. The fourth-order valence-corrected chi connectivity index (χ4v) is 1.39. The molecule has 1 aliphatic rings. The minimum Gasteiger partial charge on any atom is -0.380 e. The van der Waals surface area contributed by atoms with E-state index in [1.54, 1.807) is 0 Å². The lowest BCUT2D eigenvalue weighted by molar-refractivity contribution is 0.101. The highest BCUT2D eigenvalue weighted by atomic mass is 16.5. The molecule has 0 amide bonds. The molecular weight excluding hydrogens is 200 g/mol. The number of likely N-dealkylation sites (N-methyl/N-ethyl adjacent to an activating group) is 1. The third-order valence-electron chi connectivity index (χ3n) is 3.09. The maximum atomic E-state index is 8.90. The first-order valence-corrected chi connectivity index (χ1v) is 6.21. The maximum Gasteiger partial charge on any atom is 0.0684 e. The summed E-state index contributed by atoms with van der Waals surface area (Å²) in [5, 5.41) is 8.90. The van der Waals surface area contributed by atoms with Gasteiger partial charge in [0.25, 0.3) is 0 Å². The Hall–Kier alpha value is -0.590. The van der Waals surface area contributed by atoms with Gasteiger partial charge < -0.3 is 9.64 Å². The van der Waals surface area contributed by atoms with E-state index in [0.29, 0.717) is 0 Å². The highest BCUT2D eigenvalue weighted by molar-refractivity contribution is 4.91. The summed E-state index contributed by atoms with van der Waals surface area (Å²) in [4.78, 5) is 2.24. The average Bonchev–Trinajstić information content (AvgIpc) is 3.06. The van der Waals surface area contributed by atoms with Crippen LogP contribution >= 0.6 is 0 Å². The van der Waals surface area contributed by atoms with Crippen molar-refractivity contribution in [1.29, 1.82) is 5.26 Å². The summed E-state index contributed by atoms with van der Waals surface area (Å²) in [6.45, 7) is 7.67. The second-order valence-electron chi connectivity index (χ2n) is 5.57. The average molecular weight is 224 g/mol. The highest BCUT2D eigenvalue weighted by Crippen LogP contribution is 2.28. The Kier molecular flexibility index (Phi) is 5.24. The minimum atomic E-state index is -0.205. The lowest BCUT2D eigenvalue weighted by atomic mass is 9.91. The molecular formula is C13H24N2O. The van der Waals surface area contributed by atoms with Crippen molar-refractivity contribution in [3.8, 4) is 6.07 Å². The zero-order valence-corrected chi connectivity index (χ0v) is 10.8. The molecule has 0 spiro atoms. The number of rotatable bonds is 8. The van der Waals surface area contributed by atoms with Gasteiger partial charge in [-0.1, -0.05) is 0 Å². The van der Waals surface area contributed by atoms with Gasteiger partial charge in [0.1, 0.15) is 0 Å². The largest absolute Gasteiger partial charge is 0.380 e. The summed E-state index contributed by atoms with van der Waals surface area (Å²) in [7, 11) is 2.09. The molecule has 0 aliphatic heterocycles. The lowest BCUT2D eigenvalue weighted by Gasteiger charge is -2.21. The van der Waals surface area contributed by atoms with E-state index in [4.69, 9.17) is 10.00 Å². The van der Waals surface area contributed by atoms with Crippen molar-refractivity contribution >= 4 is 0 Å². The van der Waals surface area contributed by atoms with E-state index in [9.17, 15) is 0 Å². The number of ether oxygens (including phenoxy) is 1. The monoisotopic (exact) mass is 224 g/mol. The smallest absolute Gasteiger partial charge is 0.0684 e. The van der Waals surface area contributed by atoms with E-state index < -0.39 is 0 Å². The second kappa shape index (κ2) is 6.22. The molecule has 1 aliphatic carbocycles. The van der Waals surface area contributed by atoms with Gasteiger partial charge in [-0.05, 0) is 52.6 Å². The molecule has 0 aromatic rings. The van der Waals surface area contributed by atoms with Gasteiger partial charge in [-0.3, -0.25) is 0 Å². The van der Waals surface area contributed by atoms with Gasteiger partial charge in [0.2, 0.25) is 0 Å². The topological polar surface area (TPSA) is 36.3 Å². The van der Waals surface area contributed by atoms with E-state index in [0.717, 1.165) is 38.6 Å². The Labute approximate surface area is 99.4 Å². The third-order valence-corrected chi connectivity index (χ3v) is 3.09. The van der Waals surface area contributed by atoms with Crippen molar-refractivity contribution in [1.82, 2.24) is 4.90 Å². The van der Waals surface area contributed by atoms with E-state index in [1.165, 1.54) is 12.8 Å². The van der Waals surface area contributed by atoms with Crippen molar-refractivity contribution in [2.24, 2.45) is 11.3 Å². The number of hydrogen-bond acceptors (Lipinski definition) is 3. The summed E-state index contributed by atoms with van der Waals surface area (Å²) >= 11 is 0. The van der Waals surface area contributed by atoms with Crippen LogP contribution in [-0.4, -0.2) is 38.3 Å². The van der Waals surface area contributed by atoms with Gasteiger partial charge in [-0.25, -0.2) is 0 Å². The summed E-state index contributed by atoms with van der Waals surface area (Å²) in [6, 6.07) is 2.33. The van der Waals surface area contributed by atoms with Crippen molar-refractivity contribution < 1.29 is 4.74 Å². The van der Waals surface area contributed by atoms with Crippen LogP contribution in [0.25, 0.3) is 0 Å². The predicted molar refractivity (Wildman–Crippen MR) is 65.1 cm³/mol. The molecule has 0 radical (unpaired) electrons. The van der Waals surface area contributed by atoms with E-state index >= 15 is 0 Å². The van der Waals surface area contributed by atoms with Gasteiger partial charge in [0.15, 0.2) is 0 Å². The first-order chi connectivity index (χ1) is 7.53. The summed E-state index contributed by atoms with van der Waals surface area (Å²) in [6.07, 6.45) is 3.63. The van der Waals surface area contributed by atoms with Crippen LogP contribution in [0.5, 0.6) is 0 Å². The molecule has 0 heterocycles. The molecule has 1 rings (SSSR count). The molecule has 1 fully saturated rings. The Bertz CT molecular complexity index is 241. The molecule has 0 aromatic carbocycles. The van der Waals surface area contributed by atoms with Crippen LogP contribution in [-0.2, 0) is 4.74 Å². The fraction of sp³-hybridized carbons (Fsp3) is 0.923. The number of nitrogens with zero attached hydrogens (tertiary/aromatic N) is 2. The van der Waals surface area contributed by atoms with Crippen LogP contribution in [0.15, 0.2) is 0 Å². The zero-order valence-electron chi connectivity index (χ0n) is 10.8. The third kappa shape index (κ3) is 6.09. The van der Waals surface area contributed by atoms with Crippen LogP contribution in [0.1, 0.15) is 33.1 Å². The van der Waals surface area contributed by atoms with Crippen molar-refractivity contribution in [3.63, 3.8) is 0 Å². The lowest BCUT2D eigenvalue weighted by Crippen LogP contribution is -2.27. The summed E-state index contributed by atoms with van der Waals surface area (Å²) < 4.78 is 5.58. The van der Waals surface area contributed by atoms with Crippen molar-refractivity contribution in [2.75, 3.05) is 33.4 Å². The first kappa shape index (κ1) is 13.5. The quantitative estimate of drug-likeness (QED) is 0.593. The van der Waals surface area contributed by atoms with E-state index in [2.05, 4.69) is 18.0 Å². The molecule has 92 valence electrons. The highest BCUT2D eigenvalue weighted by Gasteiger charge is 2.21. The summed E-state index contributed by atoms with van der Waals surface area (Å²) in [5.74, 6) is 0.850. The van der Waals surface area contributed by atoms with Crippen LogP contribution in [0, 0.1) is 22.7 Å². The van der Waals surface area contributed by atoms with Crippen molar-refractivity contribution in [3.05, 3.63) is 0 Å². The SMILES string of the molecule is CN(CCOCC1CC1)CCC(C)(C)C#N. The molecule has 0 saturated heterocycles. The summed E-state index contributed by atoms with van der Waals surface area (Å²) in [5.41, 5.74) is -0.205. The van der Waals surface area contributed by atoms with Crippen LogP contribution in [0.3, 0.4) is 0 Å². The Morgan fingerprint density at radius 3 is 2.62 bits per heavy atom. The second-order valence-corrected chi connectivity index (χ2v) is 5.57. The van der Waals surface area contributed by atoms with Gasteiger partial charge in [0.05, 0.1) is 18.1 Å². The fourth-order valence-electron chi connectivity index (χ4n) is 1.39. The molecule has 0 unspecified atom stereocenters. The standard InChI is InChI=1S/C13H24N2O/c1-13(2,11-14)6-7-15(3)8-9-16-10-12-4-5-12/h12H,4-10H2,1-3H3. The molecule has 0 bridgehead atoms. The normalized spacial score (nSPS) is 16.4. The van der Waals surface area contributed by atoms with Gasteiger partial charge in [-0.15, -0.1) is 0 Å². The van der Waals surface area contributed by atoms with Gasteiger partial charge in [0, 0.05) is 13.2 Å². The first-order valence-electron chi connectivity index (χ1n) is 6.21. The maximum absolute atomic E-state index is 8.90. The Morgan fingerprint density at radius 1 is 1.38 bits per heavy atom. The molecule has 0 aromatic heterocycles. The Morgan fingerprint density at radius 2 is 2.06 bits per heavy atom. The Balaban J connectivity index is 1.97. The molecule has 3 heteroatoms. The van der Waals surface area contributed by atoms with Gasteiger partial charge >= 0.3 is 0 Å². The van der Waals surface area contributed by atoms with Crippen LogP contribution in [0.2, 0.25) is 0 Å². The molecule has 3 nitrogen and oxygen atoms in total. The molecule has 0 atom stereocenters. The molecule has 0 N–H and O–H groups in total. The van der Waals surface area contributed by atoms with Gasteiger partial charge in [-0.2, -0.15) is 5.26 Å². The van der Waals surface area contributed by atoms with E-state index in [-0.39, 0.29) is 5.41 Å². The van der Waals surface area contributed by atoms with E-state index in [1.807, 2.05) is 13.8 Å². The minimum absolute atomic E-state index is 0.205. The number of hydrogen-bond donors (Lipinski definition) is 0.